The number of rotatable bonds is 8. The highest BCUT2D eigenvalue weighted by molar-refractivity contribution is 6.33. The maximum atomic E-state index is 11.5. The third-order valence-corrected chi connectivity index (χ3v) is 8.24. The lowest BCUT2D eigenvalue weighted by Crippen LogP contribution is -2.31. The molecule has 6 rings (SSSR count). The number of pyridine rings is 1. The van der Waals surface area contributed by atoms with Gasteiger partial charge in [-0.1, -0.05) is 46.6 Å². The molecule has 0 spiro atoms. The summed E-state index contributed by atoms with van der Waals surface area (Å²) >= 11 is 13.2. The van der Waals surface area contributed by atoms with Gasteiger partial charge in [-0.25, -0.2) is 9.78 Å². The standard InChI is InChI=1S/C30H27Cl2N3O5/c1-17-3-2-4-23(31)26(17)27-21(28(40-34-27)18-5-6-18)15-39-20-7-8-22(24(32)14-20)30(38)10-12-35(16-30)25-13-19(29(36)37)9-11-33-25/h2-4,7-9,11,13-14,18,38H,5-6,10,12,15-16H2,1H3,(H,36,37). The van der Waals surface area contributed by atoms with Crippen LogP contribution in [-0.2, 0) is 12.2 Å². The Morgan fingerprint density at radius 3 is 2.73 bits per heavy atom. The fraction of sp³-hybridized carbons (Fsp3) is 0.300. The van der Waals surface area contributed by atoms with E-state index in [0.717, 1.165) is 35.3 Å². The summed E-state index contributed by atoms with van der Waals surface area (Å²) in [6.07, 6.45) is 3.97. The van der Waals surface area contributed by atoms with Crippen molar-refractivity contribution in [3.8, 4) is 17.0 Å². The van der Waals surface area contributed by atoms with E-state index in [0.29, 0.717) is 51.8 Å². The number of aromatic nitrogens is 2. The summed E-state index contributed by atoms with van der Waals surface area (Å²) in [5, 5.41) is 26.2. The van der Waals surface area contributed by atoms with Crippen LogP contribution in [-0.4, -0.2) is 39.4 Å². The van der Waals surface area contributed by atoms with Crippen LogP contribution in [0.2, 0.25) is 10.0 Å². The maximum Gasteiger partial charge on any atom is 0.335 e. The average molecular weight is 580 g/mol. The molecule has 0 bridgehead atoms. The predicted molar refractivity (Wildman–Crippen MR) is 151 cm³/mol. The first-order valence-corrected chi connectivity index (χ1v) is 13.8. The molecule has 2 aliphatic rings. The molecule has 10 heteroatoms. The van der Waals surface area contributed by atoms with Crippen LogP contribution in [0.5, 0.6) is 5.75 Å². The Kier molecular flexibility index (Phi) is 6.94. The molecule has 1 saturated heterocycles. The van der Waals surface area contributed by atoms with Crippen molar-refractivity contribution in [2.75, 3.05) is 18.0 Å². The fourth-order valence-electron chi connectivity index (χ4n) is 5.31. The van der Waals surface area contributed by atoms with Gasteiger partial charge < -0.3 is 24.4 Å². The Balaban J connectivity index is 1.21. The number of benzene rings is 2. The van der Waals surface area contributed by atoms with E-state index in [4.69, 9.17) is 32.5 Å². The van der Waals surface area contributed by atoms with Crippen LogP contribution in [0.1, 0.15) is 58.0 Å². The van der Waals surface area contributed by atoms with Crippen LogP contribution in [0.4, 0.5) is 5.82 Å². The van der Waals surface area contributed by atoms with Crippen molar-refractivity contribution in [1.82, 2.24) is 10.1 Å². The van der Waals surface area contributed by atoms with Gasteiger partial charge in [-0.05, 0) is 62.1 Å². The van der Waals surface area contributed by atoms with E-state index in [1.165, 1.54) is 18.3 Å². The first-order valence-electron chi connectivity index (χ1n) is 13.1. The van der Waals surface area contributed by atoms with E-state index in [1.807, 2.05) is 30.0 Å². The number of aliphatic hydroxyl groups is 1. The number of aromatic carboxylic acids is 1. The second kappa shape index (κ2) is 10.4. The molecule has 1 aliphatic heterocycles. The van der Waals surface area contributed by atoms with Crippen molar-refractivity contribution < 1.29 is 24.3 Å². The molecular formula is C30H27Cl2N3O5. The summed E-state index contributed by atoms with van der Waals surface area (Å²) in [7, 11) is 0. The van der Waals surface area contributed by atoms with Gasteiger partial charge in [-0.3, -0.25) is 0 Å². The second-order valence-corrected chi connectivity index (χ2v) is 11.2. The van der Waals surface area contributed by atoms with Crippen molar-refractivity contribution in [1.29, 1.82) is 0 Å². The number of hydrogen-bond acceptors (Lipinski definition) is 7. The summed E-state index contributed by atoms with van der Waals surface area (Å²) in [5.41, 5.74) is 2.90. The summed E-state index contributed by atoms with van der Waals surface area (Å²) in [6.45, 7) is 2.95. The molecule has 2 fully saturated rings. The normalized spacial score (nSPS) is 18.8. The topological polar surface area (TPSA) is 109 Å². The number of ether oxygens (including phenoxy) is 1. The molecule has 2 N–H and O–H groups in total. The summed E-state index contributed by atoms with van der Waals surface area (Å²) in [4.78, 5) is 17.5. The highest BCUT2D eigenvalue weighted by Crippen LogP contribution is 2.46. The lowest BCUT2D eigenvalue weighted by molar-refractivity contribution is 0.0606. The van der Waals surface area contributed by atoms with E-state index in [-0.39, 0.29) is 18.7 Å². The monoisotopic (exact) mass is 579 g/mol. The highest BCUT2D eigenvalue weighted by atomic mass is 35.5. The SMILES string of the molecule is Cc1cccc(Cl)c1-c1noc(C2CC2)c1COc1ccc(C2(O)CCN(c3cc(C(=O)O)ccn3)C2)c(Cl)c1. The molecule has 3 heterocycles. The Morgan fingerprint density at radius 2 is 2.00 bits per heavy atom. The first kappa shape index (κ1) is 26.6. The number of carboxylic acid groups (broad SMARTS) is 1. The Bertz CT molecular complexity index is 1580. The molecule has 0 amide bonds. The summed E-state index contributed by atoms with van der Waals surface area (Å²) < 4.78 is 12.0. The van der Waals surface area contributed by atoms with E-state index in [9.17, 15) is 15.0 Å². The third kappa shape index (κ3) is 5.03. The van der Waals surface area contributed by atoms with Crippen LogP contribution in [0, 0.1) is 6.92 Å². The van der Waals surface area contributed by atoms with E-state index < -0.39 is 11.6 Å². The van der Waals surface area contributed by atoms with Gasteiger partial charge in [0.15, 0.2) is 0 Å². The third-order valence-electron chi connectivity index (χ3n) is 7.61. The van der Waals surface area contributed by atoms with Gasteiger partial charge in [0.05, 0.1) is 27.7 Å². The van der Waals surface area contributed by atoms with Gasteiger partial charge in [-0.2, -0.15) is 0 Å². The minimum absolute atomic E-state index is 0.144. The van der Waals surface area contributed by atoms with Crippen molar-refractivity contribution in [3.63, 3.8) is 0 Å². The van der Waals surface area contributed by atoms with Gasteiger partial charge in [0.2, 0.25) is 0 Å². The molecule has 0 radical (unpaired) electrons. The molecule has 2 aromatic heterocycles. The molecular weight excluding hydrogens is 553 g/mol. The molecule has 1 unspecified atom stereocenters. The molecule has 8 nitrogen and oxygen atoms in total. The zero-order valence-corrected chi connectivity index (χ0v) is 23.2. The number of carboxylic acids is 1. The largest absolute Gasteiger partial charge is 0.489 e. The van der Waals surface area contributed by atoms with Crippen LogP contribution in [0.3, 0.4) is 0 Å². The Labute approximate surface area is 241 Å². The van der Waals surface area contributed by atoms with Gasteiger partial charge in [-0.15, -0.1) is 0 Å². The molecule has 1 atom stereocenters. The molecule has 2 aromatic carbocycles. The zero-order chi connectivity index (χ0) is 28.0. The molecule has 206 valence electrons. The zero-order valence-electron chi connectivity index (χ0n) is 21.7. The van der Waals surface area contributed by atoms with Crippen LogP contribution in [0.15, 0.2) is 59.3 Å². The lowest BCUT2D eigenvalue weighted by Gasteiger charge is -2.25. The first-order chi connectivity index (χ1) is 19.2. The van der Waals surface area contributed by atoms with E-state index in [2.05, 4.69) is 10.1 Å². The Hall–Kier alpha value is -3.59. The smallest absolute Gasteiger partial charge is 0.335 e. The average Bonchev–Trinajstić information content (AvgIpc) is 3.57. The van der Waals surface area contributed by atoms with Gasteiger partial charge in [0.1, 0.15) is 35.2 Å². The van der Waals surface area contributed by atoms with Crippen LogP contribution in [0.25, 0.3) is 11.3 Å². The van der Waals surface area contributed by atoms with Crippen LogP contribution >= 0.6 is 23.2 Å². The number of halogens is 2. The highest BCUT2D eigenvalue weighted by Gasteiger charge is 2.40. The minimum atomic E-state index is -1.22. The molecule has 1 saturated carbocycles. The molecule has 40 heavy (non-hydrogen) atoms. The number of carbonyl (C=O) groups is 1. The van der Waals surface area contributed by atoms with E-state index in [1.54, 1.807) is 18.2 Å². The number of nitrogens with zero attached hydrogens (tertiary/aromatic N) is 3. The van der Waals surface area contributed by atoms with Crippen molar-refractivity contribution in [3.05, 3.63) is 92.8 Å². The van der Waals surface area contributed by atoms with Gasteiger partial charge >= 0.3 is 5.97 Å². The van der Waals surface area contributed by atoms with Gasteiger partial charge in [0.25, 0.3) is 0 Å². The number of hydrogen-bond donors (Lipinski definition) is 2. The molecule has 4 aromatic rings. The number of aryl methyl sites for hydroxylation is 1. The Morgan fingerprint density at radius 1 is 1.18 bits per heavy atom. The van der Waals surface area contributed by atoms with Gasteiger partial charge in [0, 0.05) is 29.8 Å². The van der Waals surface area contributed by atoms with Crippen molar-refractivity contribution in [2.45, 2.75) is 44.3 Å². The van der Waals surface area contributed by atoms with E-state index >= 15 is 0 Å². The fourth-order valence-corrected chi connectivity index (χ4v) is 5.97. The summed E-state index contributed by atoms with van der Waals surface area (Å²) in [5.74, 6) is 1.18. The predicted octanol–water partition coefficient (Wildman–Crippen LogP) is 6.60. The number of anilines is 1. The second-order valence-electron chi connectivity index (χ2n) is 10.4. The molecule has 1 aliphatic carbocycles. The van der Waals surface area contributed by atoms with Crippen LogP contribution < -0.4 is 9.64 Å². The minimum Gasteiger partial charge on any atom is -0.489 e. The van der Waals surface area contributed by atoms with Crippen molar-refractivity contribution >= 4 is 35.0 Å². The quantitative estimate of drug-likeness (QED) is 0.240. The van der Waals surface area contributed by atoms with Crippen molar-refractivity contribution in [2.24, 2.45) is 0 Å². The summed E-state index contributed by atoms with van der Waals surface area (Å²) in [6, 6.07) is 13.9. The number of β-amino-alcohol motifs (C(OH)–C–C–N with tert-alkyl or cyclic N) is 1. The maximum absolute atomic E-state index is 11.5. The lowest BCUT2D eigenvalue weighted by atomic mass is 9.93.